The van der Waals surface area contributed by atoms with E-state index in [4.69, 9.17) is 4.74 Å². The molecule has 2 aromatic carbocycles. The first-order valence-electron chi connectivity index (χ1n) is 11.2. The summed E-state index contributed by atoms with van der Waals surface area (Å²) in [4.78, 5) is 26.4. The Morgan fingerprint density at radius 2 is 1.70 bits per heavy atom. The van der Waals surface area contributed by atoms with Crippen molar-refractivity contribution in [3.8, 4) is 5.75 Å². The number of ether oxygens (including phenoxy) is 1. The maximum Gasteiger partial charge on any atom is 0.332 e. The minimum atomic E-state index is -0.736. The van der Waals surface area contributed by atoms with Crippen LogP contribution in [0.15, 0.2) is 29.1 Å². The number of aromatic hydroxyl groups is 1. The molecule has 0 radical (unpaired) electrons. The summed E-state index contributed by atoms with van der Waals surface area (Å²) in [5.41, 5.74) is 8.74. The van der Waals surface area contributed by atoms with Gasteiger partial charge in [-0.15, -0.1) is 0 Å². The van der Waals surface area contributed by atoms with E-state index in [-0.39, 0.29) is 22.9 Å². The summed E-state index contributed by atoms with van der Waals surface area (Å²) in [5, 5.41) is 23.6. The van der Waals surface area contributed by atoms with Crippen LogP contribution < -0.4 is 10.9 Å². The van der Waals surface area contributed by atoms with E-state index >= 15 is 0 Å². The van der Waals surface area contributed by atoms with Gasteiger partial charge in [-0.25, -0.2) is 4.79 Å². The van der Waals surface area contributed by atoms with E-state index in [2.05, 4.69) is 38.0 Å². The molecule has 1 heterocycles. The Hall–Kier alpha value is -3.16. The van der Waals surface area contributed by atoms with Crippen molar-refractivity contribution in [2.24, 2.45) is 0 Å². The van der Waals surface area contributed by atoms with Gasteiger partial charge in [0.05, 0.1) is 5.52 Å². The van der Waals surface area contributed by atoms with Gasteiger partial charge in [0.2, 0.25) is 5.56 Å². The molecule has 7 nitrogen and oxygen atoms in total. The Labute approximate surface area is 192 Å². The molecular formula is C26H30N2O5. The van der Waals surface area contributed by atoms with Crippen LogP contribution in [0.2, 0.25) is 0 Å². The van der Waals surface area contributed by atoms with Gasteiger partial charge in [0, 0.05) is 29.6 Å². The van der Waals surface area contributed by atoms with Gasteiger partial charge in [0.15, 0.2) is 0 Å². The fourth-order valence-corrected chi connectivity index (χ4v) is 4.95. The van der Waals surface area contributed by atoms with Crippen molar-refractivity contribution in [3.63, 3.8) is 0 Å². The van der Waals surface area contributed by atoms with Gasteiger partial charge in [0.1, 0.15) is 18.5 Å². The summed E-state index contributed by atoms with van der Waals surface area (Å²) in [5.74, 6) is -0.797. The first kappa shape index (κ1) is 23.0. The van der Waals surface area contributed by atoms with Crippen LogP contribution in [0, 0.1) is 27.7 Å². The standard InChI is InChI=1S/C26H30N2O5/c1-13-14(2)16(4)21-10-17(9-20(21)15(13)3)27-11-23(33-25(32)12-29)18-5-7-22(30)26-19(18)6-8-24(31)28-26/h5-8,17,23,27,29-30H,9-12H2,1-4H3,(H,28,31)/t23-/m1/s1. The van der Waals surface area contributed by atoms with E-state index in [9.17, 15) is 19.8 Å². The minimum absolute atomic E-state index is 0.0606. The molecule has 0 saturated carbocycles. The second-order valence-corrected chi connectivity index (χ2v) is 8.89. The van der Waals surface area contributed by atoms with Crippen LogP contribution in [0.1, 0.15) is 45.0 Å². The van der Waals surface area contributed by atoms with Crippen molar-refractivity contribution < 1.29 is 19.7 Å². The molecule has 4 N–H and O–H groups in total. The summed E-state index contributed by atoms with van der Waals surface area (Å²) < 4.78 is 5.56. The number of aromatic amines is 1. The van der Waals surface area contributed by atoms with Gasteiger partial charge in [-0.2, -0.15) is 0 Å². The molecule has 4 rings (SSSR count). The summed E-state index contributed by atoms with van der Waals surface area (Å²) in [6, 6.07) is 6.31. The molecule has 0 bridgehead atoms. The SMILES string of the molecule is Cc1c(C)c(C)c2c(c1C)CC(NC[C@@H](OC(=O)CO)c1ccc(O)c3[nH]c(=O)ccc13)C2. The molecular weight excluding hydrogens is 420 g/mol. The number of esters is 1. The van der Waals surface area contributed by atoms with Crippen LogP contribution in [-0.4, -0.2) is 40.4 Å². The van der Waals surface area contributed by atoms with Crippen LogP contribution in [0.5, 0.6) is 5.75 Å². The predicted molar refractivity (Wildman–Crippen MR) is 127 cm³/mol. The molecule has 3 aromatic rings. The highest BCUT2D eigenvalue weighted by atomic mass is 16.6. The quantitative estimate of drug-likeness (QED) is 0.430. The zero-order valence-corrected chi connectivity index (χ0v) is 19.4. The fourth-order valence-electron chi connectivity index (χ4n) is 4.95. The maximum absolute atomic E-state index is 12.0. The minimum Gasteiger partial charge on any atom is -0.506 e. The zero-order valence-electron chi connectivity index (χ0n) is 19.4. The van der Waals surface area contributed by atoms with Crippen LogP contribution in [0.3, 0.4) is 0 Å². The first-order chi connectivity index (χ1) is 15.7. The van der Waals surface area contributed by atoms with Crippen LogP contribution in [0.4, 0.5) is 0 Å². The third-order valence-electron chi connectivity index (χ3n) is 7.11. The Kier molecular flexibility index (Phi) is 6.28. The maximum atomic E-state index is 12.0. The van der Waals surface area contributed by atoms with Gasteiger partial charge in [-0.3, -0.25) is 4.79 Å². The molecule has 0 saturated heterocycles. The fraction of sp³-hybridized carbons (Fsp3) is 0.385. The van der Waals surface area contributed by atoms with Crippen molar-refractivity contribution in [1.82, 2.24) is 10.3 Å². The molecule has 33 heavy (non-hydrogen) atoms. The van der Waals surface area contributed by atoms with Gasteiger partial charge in [-0.1, -0.05) is 6.07 Å². The number of fused-ring (bicyclic) bond motifs is 2. The summed E-state index contributed by atoms with van der Waals surface area (Å²) in [6.07, 6.45) is 1.09. The van der Waals surface area contributed by atoms with Gasteiger partial charge in [0.25, 0.3) is 0 Å². The molecule has 0 spiro atoms. The summed E-state index contributed by atoms with van der Waals surface area (Å²) in [7, 11) is 0. The number of phenolic OH excluding ortho intramolecular Hbond substituents is 1. The molecule has 0 amide bonds. The lowest BCUT2D eigenvalue weighted by Gasteiger charge is -2.22. The molecule has 0 fully saturated rings. The highest BCUT2D eigenvalue weighted by molar-refractivity contribution is 5.87. The number of aliphatic hydroxyl groups excluding tert-OH is 1. The molecule has 1 aliphatic carbocycles. The molecule has 1 atom stereocenters. The highest BCUT2D eigenvalue weighted by Gasteiger charge is 2.28. The molecule has 1 aliphatic rings. The van der Waals surface area contributed by atoms with Crippen molar-refractivity contribution in [1.29, 1.82) is 0 Å². The normalized spacial score (nSPS) is 14.5. The number of aliphatic hydroxyl groups is 1. The number of carbonyl (C=O) groups is 1. The van der Waals surface area contributed by atoms with Gasteiger partial charge < -0.3 is 25.3 Å². The van der Waals surface area contributed by atoms with Crippen molar-refractivity contribution in [2.45, 2.75) is 52.7 Å². The van der Waals surface area contributed by atoms with Crippen LogP contribution in [0.25, 0.3) is 10.9 Å². The smallest absolute Gasteiger partial charge is 0.332 e. The van der Waals surface area contributed by atoms with Crippen molar-refractivity contribution in [2.75, 3.05) is 13.2 Å². The van der Waals surface area contributed by atoms with Crippen LogP contribution >= 0.6 is 0 Å². The summed E-state index contributed by atoms with van der Waals surface area (Å²) >= 11 is 0. The van der Waals surface area contributed by atoms with E-state index in [1.165, 1.54) is 45.5 Å². The number of pyridine rings is 1. The average Bonchev–Trinajstić information content (AvgIpc) is 3.24. The molecule has 0 aliphatic heterocycles. The van der Waals surface area contributed by atoms with Gasteiger partial charge in [-0.05, 0) is 86.1 Å². The van der Waals surface area contributed by atoms with E-state index in [1.807, 2.05) is 0 Å². The third kappa shape index (κ3) is 4.26. The number of aromatic nitrogens is 1. The highest BCUT2D eigenvalue weighted by Crippen LogP contribution is 2.34. The third-order valence-corrected chi connectivity index (χ3v) is 7.11. The zero-order chi connectivity index (χ0) is 23.9. The molecule has 0 unspecified atom stereocenters. The number of phenols is 1. The van der Waals surface area contributed by atoms with E-state index < -0.39 is 18.7 Å². The number of hydrogen-bond acceptors (Lipinski definition) is 6. The number of rotatable bonds is 6. The largest absolute Gasteiger partial charge is 0.506 e. The molecule has 1 aromatic heterocycles. The number of H-pyrrole nitrogens is 1. The number of benzene rings is 2. The monoisotopic (exact) mass is 450 g/mol. The molecule has 174 valence electrons. The predicted octanol–water partition coefficient (Wildman–Crippen LogP) is 2.80. The lowest BCUT2D eigenvalue weighted by Crippen LogP contribution is -2.35. The number of nitrogens with one attached hydrogen (secondary N) is 2. The lowest BCUT2D eigenvalue weighted by atomic mass is 9.90. The number of carbonyl (C=O) groups excluding carboxylic acids is 1. The Balaban J connectivity index is 1.62. The van der Waals surface area contributed by atoms with Crippen molar-refractivity contribution in [3.05, 3.63) is 73.6 Å². The summed E-state index contributed by atoms with van der Waals surface area (Å²) in [6.45, 7) is 8.30. The Bertz CT molecular complexity index is 1260. The van der Waals surface area contributed by atoms with Crippen molar-refractivity contribution >= 4 is 16.9 Å². The van der Waals surface area contributed by atoms with E-state index in [1.54, 1.807) is 12.1 Å². The number of hydrogen-bond donors (Lipinski definition) is 4. The average molecular weight is 451 g/mol. The lowest BCUT2D eigenvalue weighted by molar-refractivity contribution is -0.152. The Morgan fingerprint density at radius 3 is 2.30 bits per heavy atom. The van der Waals surface area contributed by atoms with E-state index in [0.717, 1.165) is 12.8 Å². The van der Waals surface area contributed by atoms with Crippen LogP contribution in [-0.2, 0) is 22.4 Å². The molecule has 7 heteroatoms. The van der Waals surface area contributed by atoms with Gasteiger partial charge >= 0.3 is 5.97 Å². The Morgan fingerprint density at radius 1 is 1.06 bits per heavy atom. The second-order valence-electron chi connectivity index (χ2n) is 8.89. The second kappa shape index (κ2) is 9.00. The van der Waals surface area contributed by atoms with E-state index in [0.29, 0.717) is 17.5 Å². The first-order valence-corrected chi connectivity index (χ1v) is 11.2. The topological polar surface area (TPSA) is 112 Å².